The summed E-state index contributed by atoms with van der Waals surface area (Å²) in [4.78, 5) is 29.4. The van der Waals surface area contributed by atoms with Gasteiger partial charge in [0.1, 0.15) is 12.4 Å². The molecule has 1 aliphatic heterocycles. The number of benzene rings is 3. The summed E-state index contributed by atoms with van der Waals surface area (Å²) in [7, 11) is 0. The molecule has 7 nitrogen and oxygen atoms in total. The number of carboxylic acid groups (broad SMARTS) is 1. The van der Waals surface area contributed by atoms with Crippen LogP contribution in [0.3, 0.4) is 0 Å². The first-order chi connectivity index (χ1) is 16.4. The number of aryl methyl sites for hydroxylation is 1. The maximum absolute atomic E-state index is 12.6. The van der Waals surface area contributed by atoms with Crippen LogP contribution in [0.25, 0.3) is 0 Å². The lowest BCUT2D eigenvalue weighted by Gasteiger charge is -2.36. The van der Waals surface area contributed by atoms with E-state index < -0.39 is 24.8 Å². The Morgan fingerprint density at radius 3 is 2.62 bits per heavy atom. The number of nitrogens with zero attached hydrogens (tertiary/aromatic N) is 1. The second-order valence-electron chi connectivity index (χ2n) is 7.91. The number of rotatable bonds is 7. The highest BCUT2D eigenvalue weighted by molar-refractivity contribution is 6.30. The Hall–Kier alpha value is -3.55. The van der Waals surface area contributed by atoms with Crippen molar-refractivity contribution in [1.29, 1.82) is 0 Å². The molecule has 0 aliphatic carbocycles. The molecule has 3 aromatic rings. The largest absolute Gasteiger partial charge is 0.528 e. The molecule has 4 rings (SSSR count). The van der Waals surface area contributed by atoms with Gasteiger partial charge in [-0.3, -0.25) is 0 Å². The van der Waals surface area contributed by atoms with E-state index in [0.717, 1.165) is 22.3 Å². The van der Waals surface area contributed by atoms with Gasteiger partial charge in [-0.25, -0.2) is 9.59 Å². The lowest BCUT2D eigenvalue weighted by molar-refractivity contribution is -0.152. The van der Waals surface area contributed by atoms with E-state index in [-0.39, 0.29) is 6.61 Å². The van der Waals surface area contributed by atoms with Crippen LogP contribution in [0.4, 0.5) is 4.79 Å². The zero-order valence-electron chi connectivity index (χ0n) is 18.6. The standard InChI is InChI=1S/C26H24ClNO6/c1-17-6-2-3-8-19(17)15-33-26(31)34-28-13-12-18-7-4-5-9-21(18)25(28)22-14-20(27)10-11-23(22)32-16-24(29)30/h2-11,14,25H,12-13,15-16H2,1H3,(H,29,30). The Bertz CT molecular complexity index is 1200. The highest BCUT2D eigenvalue weighted by Crippen LogP contribution is 2.40. The fourth-order valence-electron chi connectivity index (χ4n) is 4.00. The van der Waals surface area contributed by atoms with Crippen molar-refractivity contribution >= 4 is 23.7 Å². The van der Waals surface area contributed by atoms with Gasteiger partial charge in [-0.15, -0.1) is 5.06 Å². The van der Waals surface area contributed by atoms with Crippen molar-refractivity contribution in [3.63, 3.8) is 0 Å². The van der Waals surface area contributed by atoms with Crippen molar-refractivity contribution in [2.24, 2.45) is 0 Å². The first-order valence-corrected chi connectivity index (χ1v) is 11.2. The van der Waals surface area contributed by atoms with Crippen molar-refractivity contribution in [3.8, 4) is 5.75 Å². The van der Waals surface area contributed by atoms with Crippen molar-refractivity contribution < 1.29 is 29.0 Å². The lowest BCUT2D eigenvalue weighted by atomic mass is 9.89. The summed E-state index contributed by atoms with van der Waals surface area (Å²) in [5, 5.41) is 11.1. The first-order valence-electron chi connectivity index (χ1n) is 10.8. The molecule has 1 N–H and O–H groups in total. The summed E-state index contributed by atoms with van der Waals surface area (Å²) >= 11 is 6.29. The Morgan fingerprint density at radius 2 is 1.82 bits per heavy atom. The van der Waals surface area contributed by atoms with Crippen LogP contribution in [0, 0.1) is 6.92 Å². The topological polar surface area (TPSA) is 85.3 Å². The van der Waals surface area contributed by atoms with Crippen LogP contribution in [0.5, 0.6) is 5.75 Å². The smallest absolute Gasteiger partial charge is 0.482 e. The zero-order chi connectivity index (χ0) is 24.1. The average Bonchev–Trinajstić information content (AvgIpc) is 2.82. The Kier molecular flexibility index (Phi) is 7.35. The van der Waals surface area contributed by atoms with Crippen molar-refractivity contribution in [1.82, 2.24) is 5.06 Å². The molecular weight excluding hydrogens is 458 g/mol. The summed E-state index contributed by atoms with van der Waals surface area (Å²) in [5.74, 6) is -0.756. The second kappa shape index (κ2) is 10.6. The lowest BCUT2D eigenvalue weighted by Crippen LogP contribution is -2.38. The van der Waals surface area contributed by atoms with Gasteiger partial charge in [-0.1, -0.05) is 60.1 Å². The normalized spacial score (nSPS) is 15.3. The van der Waals surface area contributed by atoms with Gasteiger partial charge < -0.3 is 19.4 Å². The van der Waals surface area contributed by atoms with Crippen LogP contribution in [-0.2, 0) is 27.4 Å². The second-order valence-corrected chi connectivity index (χ2v) is 8.35. The maximum Gasteiger partial charge on any atom is 0.528 e. The number of carbonyl (C=O) groups excluding carboxylic acids is 1. The molecule has 1 atom stereocenters. The molecule has 0 saturated carbocycles. The van der Waals surface area contributed by atoms with Crippen molar-refractivity contribution in [2.45, 2.75) is 26.0 Å². The van der Waals surface area contributed by atoms with Crippen LogP contribution in [0.1, 0.15) is 33.9 Å². The summed E-state index contributed by atoms with van der Waals surface area (Å²) in [6.45, 7) is 1.93. The van der Waals surface area contributed by atoms with E-state index >= 15 is 0 Å². The molecule has 8 heteroatoms. The Balaban J connectivity index is 1.61. The third-order valence-corrected chi connectivity index (χ3v) is 5.89. The van der Waals surface area contributed by atoms with Gasteiger partial charge in [-0.05, 0) is 53.8 Å². The number of hydroxylamine groups is 2. The van der Waals surface area contributed by atoms with Crippen molar-refractivity contribution in [3.05, 3.63) is 99.6 Å². The number of halogens is 1. The maximum atomic E-state index is 12.6. The molecule has 0 aromatic heterocycles. The molecule has 1 heterocycles. The number of carboxylic acids is 1. The van der Waals surface area contributed by atoms with Gasteiger partial charge in [0.05, 0.1) is 6.04 Å². The van der Waals surface area contributed by atoms with Gasteiger partial charge in [0.25, 0.3) is 0 Å². The molecule has 176 valence electrons. The predicted molar refractivity (Wildman–Crippen MR) is 126 cm³/mol. The number of hydrogen-bond donors (Lipinski definition) is 1. The summed E-state index contributed by atoms with van der Waals surface area (Å²) in [6, 6.07) is 19.8. The number of carbonyl (C=O) groups is 2. The van der Waals surface area contributed by atoms with E-state index in [4.69, 9.17) is 31.0 Å². The van der Waals surface area contributed by atoms with Crippen LogP contribution in [0.15, 0.2) is 66.7 Å². The third-order valence-electron chi connectivity index (χ3n) is 5.66. The molecule has 0 amide bonds. The number of aliphatic carboxylic acids is 1. The van der Waals surface area contributed by atoms with E-state index in [2.05, 4.69) is 0 Å². The summed E-state index contributed by atoms with van der Waals surface area (Å²) in [6.07, 6.45) is -0.174. The van der Waals surface area contributed by atoms with E-state index in [9.17, 15) is 9.59 Å². The van der Waals surface area contributed by atoms with Crippen LogP contribution < -0.4 is 4.74 Å². The zero-order valence-corrected chi connectivity index (χ0v) is 19.3. The molecule has 3 aromatic carbocycles. The summed E-state index contributed by atoms with van der Waals surface area (Å²) in [5.41, 5.74) is 4.48. The molecule has 0 bridgehead atoms. The number of fused-ring (bicyclic) bond motifs is 1. The van der Waals surface area contributed by atoms with Gasteiger partial charge in [0, 0.05) is 17.1 Å². The van der Waals surface area contributed by atoms with Gasteiger partial charge in [0.2, 0.25) is 0 Å². The number of ether oxygens (including phenoxy) is 2. The van der Waals surface area contributed by atoms with Gasteiger partial charge >= 0.3 is 12.1 Å². The average molecular weight is 482 g/mol. The van der Waals surface area contributed by atoms with E-state index in [1.807, 2.05) is 55.5 Å². The summed E-state index contributed by atoms with van der Waals surface area (Å²) < 4.78 is 10.9. The SMILES string of the molecule is Cc1ccccc1COC(=O)ON1CCc2ccccc2C1c1cc(Cl)ccc1OCC(=O)O. The fraction of sp³-hybridized carbons (Fsp3) is 0.231. The first kappa shape index (κ1) is 23.6. The molecule has 1 aliphatic rings. The minimum Gasteiger partial charge on any atom is -0.482 e. The van der Waals surface area contributed by atoms with Gasteiger partial charge in [-0.2, -0.15) is 0 Å². The van der Waals surface area contributed by atoms with Crippen molar-refractivity contribution in [2.75, 3.05) is 13.2 Å². The molecular formula is C26H24ClNO6. The minimum atomic E-state index is -1.10. The Morgan fingerprint density at radius 1 is 1.06 bits per heavy atom. The molecule has 0 radical (unpaired) electrons. The quantitative estimate of drug-likeness (QED) is 0.456. The molecule has 0 spiro atoms. The van der Waals surface area contributed by atoms with Gasteiger partial charge in [0.15, 0.2) is 6.61 Å². The fourth-order valence-corrected chi connectivity index (χ4v) is 4.18. The highest BCUT2D eigenvalue weighted by Gasteiger charge is 2.34. The molecule has 34 heavy (non-hydrogen) atoms. The van der Waals surface area contributed by atoms with E-state index in [1.54, 1.807) is 18.2 Å². The van der Waals surface area contributed by atoms with Crippen LogP contribution >= 0.6 is 11.6 Å². The van der Waals surface area contributed by atoms with E-state index in [0.29, 0.717) is 29.3 Å². The monoisotopic (exact) mass is 481 g/mol. The van der Waals surface area contributed by atoms with E-state index in [1.165, 1.54) is 5.06 Å². The molecule has 0 saturated heterocycles. The number of hydrogen-bond acceptors (Lipinski definition) is 6. The Labute approximate surface area is 202 Å². The minimum absolute atomic E-state index is 0.0880. The molecule has 1 unspecified atom stereocenters. The molecule has 0 fully saturated rings. The highest BCUT2D eigenvalue weighted by atomic mass is 35.5. The predicted octanol–water partition coefficient (Wildman–Crippen LogP) is 5.33. The third kappa shape index (κ3) is 5.50. The van der Waals surface area contributed by atoms with Crippen LogP contribution in [-0.4, -0.2) is 35.4 Å². The van der Waals surface area contributed by atoms with Crippen LogP contribution in [0.2, 0.25) is 5.02 Å².